The molecule has 0 unspecified atom stereocenters. The number of hydrogen-bond acceptors (Lipinski definition) is 1. The average Bonchev–Trinajstić information content (AvgIpc) is 1.87. The van der Waals surface area contributed by atoms with Gasteiger partial charge < -0.3 is 4.90 Å². The zero-order chi connectivity index (χ0) is 7.82. The van der Waals surface area contributed by atoms with Gasteiger partial charge >= 0.3 is 0 Å². The Morgan fingerprint density at radius 1 is 1.40 bits per heavy atom. The van der Waals surface area contributed by atoms with Gasteiger partial charge in [0.05, 0.1) is 0 Å². The Morgan fingerprint density at radius 2 is 2.10 bits per heavy atom. The minimum Gasteiger partial charge on any atom is -0.306 e. The van der Waals surface area contributed by atoms with Crippen LogP contribution in [-0.2, 0) is 0 Å². The van der Waals surface area contributed by atoms with Crippen molar-refractivity contribution in [3.8, 4) is 12.3 Å². The van der Waals surface area contributed by atoms with Crippen LogP contribution in [0.15, 0.2) is 24.3 Å². The maximum absolute atomic E-state index is 4.99. The van der Waals surface area contributed by atoms with Gasteiger partial charge in [0.15, 0.2) is 0 Å². The molecule has 10 heavy (non-hydrogen) atoms. The molecule has 0 saturated carbocycles. The first-order valence-electron chi connectivity index (χ1n) is 3.20. The molecule has 0 spiro atoms. The lowest BCUT2D eigenvalue weighted by Gasteiger charge is -2.02. The Labute approximate surface area is 63.0 Å². The molecule has 1 heteroatoms. The average molecular weight is 135 g/mol. The predicted molar refractivity (Wildman–Crippen MR) is 45.7 cm³/mol. The van der Waals surface area contributed by atoms with Crippen LogP contribution < -0.4 is 0 Å². The topological polar surface area (TPSA) is 3.24 Å². The Balaban J connectivity index is 3.40. The number of allylic oxidation sites excluding steroid dienone is 3. The van der Waals surface area contributed by atoms with Gasteiger partial charge in [0.1, 0.15) is 0 Å². The molecule has 0 heterocycles. The SMILES string of the molecule is C#CC=C/C=C\CN(C)C. The molecule has 0 rings (SSSR count). The van der Waals surface area contributed by atoms with Crippen molar-refractivity contribution in [3.05, 3.63) is 24.3 Å². The van der Waals surface area contributed by atoms with Gasteiger partial charge in [0, 0.05) is 6.54 Å². The third-order valence-electron chi connectivity index (χ3n) is 0.910. The highest BCUT2D eigenvalue weighted by Gasteiger charge is 1.78. The van der Waals surface area contributed by atoms with Gasteiger partial charge in [0.25, 0.3) is 0 Å². The van der Waals surface area contributed by atoms with Crippen molar-refractivity contribution in [2.45, 2.75) is 0 Å². The second-order valence-corrected chi connectivity index (χ2v) is 2.22. The Morgan fingerprint density at radius 3 is 2.60 bits per heavy atom. The summed E-state index contributed by atoms with van der Waals surface area (Å²) in [4.78, 5) is 2.08. The van der Waals surface area contributed by atoms with Crippen LogP contribution in [0.5, 0.6) is 0 Å². The summed E-state index contributed by atoms with van der Waals surface area (Å²) in [6.45, 7) is 0.953. The number of hydrogen-bond donors (Lipinski definition) is 0. The van der Waals surface area contributed by atoms with Crippen molar-refractivity contribution in [2.24, 2.45) is 0 Å². The zero-order valence-corrected chi connectivity index (χ0v) is 6.54. The van der Waals surface area contributed by atoms with Gasteiger partial charge in [0.2, 0.25) is 0 Å². The van der Waals surface area contributed by atoms with Crippen LogP contribution in [0.4, 0.5) is 0 Å². The fourth-order valence-electron chi connectivity index (χ4n) is 0.461. The molecule has 1 nitrogen and oxygen atoms in total. The summed E-state index contributed by atoms with van der Waals surface area (Å²) in [6.07, 6.45) is 12.5. The molecule has 0 saturated heterocycles. The summed E-state index contributed by atoms with van der Waals surface area (Å²) in [5.41, 5.74) is 0. The summed E-state index contributed by atoms with van der Waals surface area (Å²) in [7, 11) is 4.05. The van der Waals surface area contributed by atoms with E-state index in [1.54, 1.807) is 6.08 Å². The van der Waals surface area contributed by atoms with E-state index in [4.69, 9.17) is 6.42 Å². The van der Waals surface area contributed by atoms with Gasteiger partial charge in [-0.25, -0.2) is 0 Å². The predicted octanol–water partition coefficient (Wildman–Crippen LogP) is 1.29. The number of rotatable bonds is 3. The molecule has 0 bridgehead atoms. The first-order valence-corrected chi connectivity index (χ1v) is 3.20. The van der Waals surface area contributed by atoms with Gasteiger partial charge in [-0.05, 0) is 20.2 Å². The van der Waals surface area contributed by atoms with Crippen LogP contribution in [0.1, 0.15) is 0 Å². The lowest BCUT2D eigenvalue weighted by Crippen LogP contribution is -2.10. The molecule has 54 valence electrons. The van der Waals surface area contributed by atoms with E-state index in [0.717, 1.165) is 6.54 Å². The van der Waals surface area contributed by atoms with Crippen molar-refractivity contribution < 1.29 is 0 Å². The summed E-state index contributed by atoms with van der Waals surface area (Å²) in [5, 5.41) is 0. The molecule has 0 aromatic heterocycles. The van der Waals surface area contributed by atoms with Gasteiger partial charge in [-0.1, -0.05) is 24.1 Å². The molecule has 0 aromatic carbocycles. The molecule has 0 N–H and O–H groups in total. The third-order valence-corrected chi connectivity index (χ3v) is 0.910. The number of nitrogens with zero attached hydrogens (tertiary/aromatic N) is 1. The van der Waals surface area contributed by atoms with Crippen molar-refractivity contribution in [1.29, 1.82) is 0 Å². The van der Waals surface area contributed by atoms with Crippen LogP contribution >= 0.6 is 0 Å². The van der Waals surface area contributed by atoms with Crippen molar-refractivity contribution >= 4 is 0 Å². The van der Waals surface area contributed by atoms with Crippen molar-refractivity contribution in [1.82, 2.24) is 4.90 Å². The van der Waals surface area contributed by atoms with E-state index in [2.05, 4.69) is 10.8 Å². The second kappa shape index (κ2) is 6.12. The third kappa shape index (κ3) is 7.00. The quantitative estimate of drug-likeness (QED) is 0.416. The fourth-order valence-corrected chi connectivity index (χ4v) is 0.461. The highest BCUT2D eigenvalue weighted by molar-refractivity contribution is 5.15. The summed E-state index contributed by atoms with van der Waals surface area (Å²) >= 11 is 0. The molecule has 0 fully saturated rings. The van der Waals surface area contributed by atoms with E-state index in [1.807, 2.05) is 32.3 Å². The molecule has 0 aliphatic rings. The standard InChI is InChI=1S/C9H13N/c1-4-5-6-7-8-9-10(2)3/h1,5-8H,9H2,2-3H3/b6-5?,8-7-. The van der Waals surface area contributed by atoms with E-state index in [9.17, 15) is 0 Å². The Kier molecular flexibility index (Phi) is 5.51. The monoisotopic (exact) mass is 135 g/mol. The number of terminal acetylenes is 1. The molecule has 0 amide bonds. The molecule has 0 atom stereocenters. The molecule has 0 aromatic rings. The smallest absolute Gasteiger partial charge is 0.0160 e. The molecular weight excluding hydrogens is 122 g/mol. The molecule has 0 aliphatic heterocycles. The first-order chi connectivity index (χ1) is 4.77. The lowest BCUT2D eigenvalue weighted by atomic mass is 10.4. The Hall–Kier alpha value is -1.00. The van der Waals surface area contributed by atoms with Crippen LogP contribution in [0.3, 0.4) is 0 Å². The van der Waals surface area contributed by atoms with Crippen molar-refractivity contribution in [2.75, 3.05) is 20.6 Å². The van der Waals surface area contributed by atoms with E-state index >= 15 is 0 Å². The maximum atomic E-state index is 4.99. The van der Waals surface area contributed by atoms with E-state index in [0.29, 0.717) is 0 Å². The first kappa shape index (κ1) is 9.00. The largest absolute Gasteiger partial charge is 0.306 e. The highest BCUT2D eigenvalue weighted by atomic mass is 15.0. The van der Waals surface area contributed by atoms with Gasteiger partial charge in [-0.15, -0.1) is 6.42 Å². The van der Waals surface area contributed by atoms with Crippen LogP contribution in [-0.4, -0.2) is 25.5 Å². The lowest BCUT2D eigenvalue weighted by molar-refractivity contribution is 0.456. The Bertz CT molecular complexity index is 158. The fraction of sp³-hybridized carbons (Fsp3) is 0.333. The van der Waals surface area contributed by atoms with Crippen LogP contribution in [0.25, 0.3) is 0 Å². The van der Waals surface area contributed by atoms with Crippen molar-refractivity contribution in [3.63, 3.8) is 0 Å². The summed E-state index contributed by atoms with van der Waals surface area (Å²) in [6, 6.07) is 0. The maximum Gasteiger partial charge on any atom is 0.0160 e. The van der Waals surface area contributed by atoms with Crippen LogP contribution in [0, 0.1) is 12.3 Å². The minimum absolute atomic E-state index is 0.953. The van der Waals surface area contributed by atoms with Crippen LogP contribution in [0.2, 0.25) is 0 Å². The summed E-state index contributed by atoms with van der Waals surface area (Å²) in [5.74, 6) is 2.41. The van der Waals surface area contributed by atoms with E-state index in [-0.39, 0.29) is 0 Å². The molecule has 0 aliphatic carbocycles. The zero-order valence-electron chi connectivity index (χ0n) is 6.54. The van der Waals surface area contributed by atoms with E-state index in [1.165, 1.54) is 0 Å². The molecule has 0 radical (unpaired) electrons. The second-order valence-electron chi connectivity index (χ2n) is 2.22. The molecular formula is C9H13N. The summed E-state index contributed by atoms with van der Waals surface area (Å²) < 4.78 is 0. The van der Waals surface area contributed by atoms with Gasteiger partial charge in [-0.2, -0.15) is 0 Å². The highest BCUT2D eigenvalue weighted by Crippen LogP contribution is 1.78. The minimum atomic E-state index is 0.953. The van der Waals surface area contributed by atoms with E-state index < -0.39 is 0 Å². The number of likely N-dealkylation sites (N-methyl/N-ethyl adjacent to an activating group) is 1. The normalized spacial score (nSPS) is 11.4. The van der Waals surface area contributed by atoms with Gasteiger partial charge in [-0.3, -0.25) is 0 Å².